The van der Waals surface area contributed by atoms with Crippen LogP contribution in [0.1, 0.15) is 46.5 Å². The number of anilines is 2. The number of nitrogens with two attached hydrogens (primary N) is 1. The van der Waals surface area contributed by atoms with E-state index in [2.05, 4.69) is 22.2 Å². The number of nitrogens with zero attached hydrogens (tertiary/aromatic N) is 2. The van der Waals surface area contributed by atoms with E-state index >= 15 is 0 Å². The van der Waals surface area contributed by atoms with Gasteiger partial charge >= 0.3 is 0 Å². The average Bonchev–Trinajstić information content (AvgIpc) is 2.87. The lowest BCUT2D eigenvalue weighted by atomic mass is 10.00. The molecule has 1 saturated carbocycles. The Hall–Kier alpha value is -1.52. The topological polar surface area (TPSA) is 73.1 Å². The molecule has 0 aromatic carbocycles. The second-order valence-electron chi connectivity index (χ2n) is 5.59. The monoisotopic (exact) mass is 264 g/mol. The van der Waals surface area contributed by atoms with Gasteiger partial charge in [0, 0.05) is 6.04 Å². The zero-order valence-electron chi connectivity index (χ0n) is 12.0. The van der Waals surface area contributed by atoms with Crippen molar-refractivity contribution in [1.82, 2.24) is 9.97 Å². The largest absolute Gasteiger partial charge is 0.473 e. The van der Waals surface area contributed by atoms with E-state index in [9.17, 15) is 0 Å². The predicted molar refractivity (Wildman–Crippen MR) is 77.3 cm³/mol. The Morgan fingerprint density at radius 1 is 1.26 bits per heavy atom. The fourth-order valence-electron chi connectivity index (χ4n) is 2.60. The second kappa shape index (κ2) is 6.08. The lowest BCUT2D eigenvalue weighted by molar-refractivity contribution is 0.234. The molecule has 1 atom stereocenters. The number of nitrogens with one attached hydrogen (secondary N) is 1. The molecule has 1 aliphatic rings. The fourth-order valence-corrected chi connectivity index (χ4v) is 2.60. The van der Waals surface area contributed by atoms with Crippen LogP contribution in [0.25, 0.3) is 0 Å². The highest BCUT2D eigenvalue weighted by atomic mass is 16.5. The van der Waals surface area contributed by atoms with E-state index in [-0.39, 0.29) is 6.10 Å². The van der Waals surface area contributed by atoms with Crippen LogP contribution < -0.4 is 15.8 Å². The van der Waals surface area contributed by atoms with Crippen LogP contribution in [0.3, 0.4) is 0 Å². The SMILES string of the molecule is CC(C)Oc1ncnc(NC(C)C2CCCC2)c1N. The standard InChI is InChI=1S/C14H24N4O/c1-9(2)19-14-12(15)13(16-8-17-14)18-10(3)11-6-4-5-7-11/h8-11H,4-7,15H2,1-3H3,(H,16,17,18). The Labute approximate surface area is 115 Å². The molecule has 1 aliphatic carbocycles. The van der Waals surface area contributed by atoms with E-state index in [0.717, 1.165) is 0 Å². The summed E-state index contributed by atoms with van der Waals surface area (Å²) in [6.07, 6.45) is 6.79. The summed E-state index contributed by atoms with van der Waals surface area (Å²) in [5, 5.41) is 3.41. The van der Waals surface area contributed by atoms with Crippen molar-refractivity contribution >= 4 is 11.5 Å². The molecule has 106 valence electrons. The van der Waals surface area contributed by atoms with Crippen LogP contribution in [-0.2, 0) is 0 Å². The highest BCUT2D eigenvalue weighted by Crippen LogP contribution is 2.31. The summed E-state index contributed by atoms with van der Waals surface area (Å²) in [6, 6.07) is 0.381. The van der Waals surface area contributed by atoms with Gasteiger partial charge in [0.2, 0.25) is 5.88 Å². The number of aromatic nitrogens is 2. The molecule has 1 fully saturated rings. The number of hydrogen-bond donors (Lipinski definition) is 2. The van der Waals surface area contributed by atoms with Crippen molar-refractivity contribution in [3.63, 3.8) is 0 Å². The van der Waals surface area contributed by atoms with Crippen LogP contribution in [0.15, 0.2) is 6.33 Å². The van der Waals surface area contributed by atoms with Crippen LogP contribution in [0, 0.1) is 5.92 Å². The van der Waals surface area contributed by atoms with Crippen molar-refractivity contribution in [3.05, 3.63) is 6.33 Å². The molecule has 0 saturated heterocycles. The number of hydrogen-bond acceptors (Lipinski definition) is 5. The first-order valence-electron chi connectivity index (χ1n) is 7.11. The van der Waals surface area contributed by atoms with E-state index < -0.39 is 0 Å². The Morgan fingerprint density at radius 3 is 2.58 bits per heavy atom. The molecule has 5 heteroatoms. The van der Waals surface area contributed by atoms with Crippen LogP contribution in [0.5, 0.6) is 5.88 Å². The molecule has 0 radical (unpaired) electrons. The van der Waals surface area contributed by atoms with E-state index in [0.29, 0.717) is 29.3 Å². The number of nitrogen functional groups attached to an aromatic ring is 1. The predicted octanol–water partition coefficient (Wildman–Crippen LogP) is 2.84. The summed E-state index contributed by atoms with van der Waals surface area (Å²) in [7, 11) is 0. The zero-order valence-corrected chi connectivity index (χ0v) is 12.0. The molecular formula is C14H24N4O. The van der Waals surface area contributed by atoms with Gasteiger partial charge in [0.05, 0.1) is 6.10 Å². The average molecular weight is 264 g/mol. The summed E-state index contributed by atoms with van der Waals surface area (Å²) in [5.74, 6) is 1.86. The summed E-state index contributed by atoms with van der Waals surface area (Å²) in [4.78, 5) is 8.32. The maximum absolute atomic E-state index is 6.07. The molecule has 1 aromatic heterocycles. The van der Waals surface area contributed by atoms with Gasteiger partial charge in [-0.2, -0.15) is 4.98 Å². The minimum atomic E-state index is 0.0531. The highest BCUT2D eigenvalue weighted by Gasteiger charge is 2.22. The summed E-state index contributed by atoms with van der Waals surface area (Å²) in [5.41, 5.74) is 6.57. The molecule has 2 rings (SSSR count). The molecule has 1 aromatic rings. The zero-order chi connectivity index (χ0) is 13.8. The van der Waals surface area contributed by atoms with Gasteiger partial charge in [-0.1, -0.05) is 12.8 Å². The minimum Gasteiger partial charge on any atom is -0.473 e. The van der Waals surface area contributed by atoms with E-state index in [4.69, 9.17) is 10.5 Å². The van der Waals surface area contributed by atoms with Crippen molar-refractivity contribution in [2.24, 2.45) is 5.92 Å². The molecule has 3 N–H and O–H groups in total. The van der Waals surface area contributed by atoms with Crippen molar-refractivity contribution < 1.29 is 4.74 Å². The van der Waals surface area contributed by atoms with Crippen LogP contribution in [-0.4, -0.2) is 22.1 Å². The molecule has 1 heterocycles. The van der Waals surface area contributed by atoms with Crippen molar-refractivity contribution in [2.75, 3.05) is 11.1 Å². The molecule has 19 heavy (non-hydrogen) atoms. The molecule has 0 amide bonds. The van der Waals surface area contributed by atoms with Gasteiger partial charge in [-0.25, -0.2) is 4.98 Å². The van der Waals surface area contributed by atoms with Gasteiger partial charge in [-0.15, -0.1) is 0 Å². The van der Waals surface area contributed by atoms with E-state index in [1.807, 2.05) is 13.8 Å². The molecule has 0 bridgehead atoms. The summed E-state index contributed by atoms with van der Waals surface area (Å²) < 4.78 is 5.58. The third kappa shape index (κ3) is 3.49. The maximum atomic E-state index is 6.07. The van der Waals surface area contributed by atoms with Crippen LogP contribution >= 0.6 is 0 Å². The lowest BCUT2D eigenvalue weighted by Gasteiger charge is -2.22. The van der Waals surface area contributed by atoms with E-state index in [1.54, 1.807) is 0 Å². The minimum absolute atomic E-state index is 0.0531. The fraction of sp³-hybridized carbons (Fsp3) is 0.714. The van der Waals surface area contributed by atoms with Gasteiger partial charge in [-0.05, 0) is 39.5 Å². The Bertz CT molecular complexity index is 416. The third-order valence-corrected chi connectivity index (χ3v) is 3.67. The molecule has 0 spiro atoms. The lowest BCUT2D eigenvalue weighted by Crippen LogP contribution is -2.25. The van der Waals surface area contributed by atoms with Crippen LogP contribution in [0.2, 0.25) is 0 Å². The van der Waals surface area contributed by atoms with Crippen molar-refractivity contribution in [3.8, 4) is 5.88 Å². The first kappa shape index (κ1) is 13.9. The number of ether oxygens (including phenoxy) is 1. The normalized spacial score (nSPS) is 17.7. The first-order valence-corrected chi connectivity index (χ1v) is 7.11. The number of rotatable bonds is 5. The molecular weight excluding hydrogens is 240 g/mol. The highest BCUT2D eigenvalue weighted by molar-refractivity contribution is 5.66. The summed E-state index contributed by atoms with van der Waals surface area (Å²) in [6.45, 7) is 6.10. The Kier molecular flexibility index (Phi) is 4.45. The smallest absolute Gasteiger partial charge is 0.242 e. The maximum Gasteiger partial charge on any atom is 0.242 e. The van der Waals surface area contributed by atoms with Gasteiger partial charge in [0.1, 0.15) is 12.0 Å². The quantitative estimate of drug-likeness (QED) is 0.855. The van der Waals surface area contributed by atoms with Crippen molar-refractivity contribution in [1.29, 1.82) is 0 Å². The first-order chi connectivity index (χ1) is 9.08. The second-order valence-corrected chi connectivity index (χ2v) is 5.59. The third-order valence-electron chi connectivity index (χ3n) is 3.67. The van der Waals surface area contributed by atoms with E-state index in [1.165, 1.54) is 32.0 Å². The van der Waals surface area contributed by atoms with Gasteiger partial charge in [0.15, 0.2) is 5.82 Å². The molecule has 5 nitrogen and oxygen atoms in total. The molecule has 1 unspecified atom stereocenters. The summed E-state index contributed by atoms with van der Waals surface area (Å²) >= 11 is 0. The Balaban J connectivity index is 2.07. The van der Waals surface area contributed by atoms with Crippen molar-refractivity contribution in [2.45, 2.75) is 58.6 Å². The van der Waals surface area contributed by atoms with Gasteiger partial charge in [-0.3, -0.25) is 0 Å². The Morgan fingerprint density at radius 2 is 1.95 bits per heavy atom. The van der Waals surface area contributed by atoms with Gasteiger partial charge < -0.3 is 15.8 Å². The molecule has 0 aliphatic heterocycles. The van der Waals surface area contributed by atoms with Crippen LogP contribution in [0.4, 0.5) is 11.5 Å². The van der Waals surface area contributed by atoms with Gasteiger partial charge in [0.25, 0.3) is 0 Å².